The van der Waals surface area contributed by atoms with Crippen molar-refractivity contribution < 1.29 is 13.6 Å². The summed E-state index contributed by atoms with van der Waals surface area (Å²) >= 11 is 1.80. The largest absolute Gasteiger partial charge is 0.319 e. The lowest BCUT2D eigenvalue weighted by Gasteiger charge is -2.07. The van der Waals surface area contributed by atoms with E-state index in [1.165, 1.54) is 6.07 Å². The smallest absolute Gasteiger partial charge is 0.255 e. The molecular weight excluding hydrogens is 292 g/mol. The van der Waals surface area contributed by atoms with Crippen molar-refractivity contribution in [2.24, 2.45) is 0 Å². The normalized spacial score (nSPS) is 10.4. The van der Waals surface area contributed by atoms with E-state index in [2.05, 4.69) is 12.2 Å². The van der Waals surface area contributed by atoms with E-state index in [1.54, 1.807) is 23.9 Å². The number of amides is 1. The maximum Gasteiger partial charge on any atom is 0.255 e. The lowest BCUT2D eigenvalue weighted by molar-refractivity contribution is 0.102. The van der Waals surface area contributed by atoms with Gasteiger partial charge in [-0.25, -0.2) is 8.78 Å². The third-order valence-electron chi connectivity index (χ3n) is 2.87. The van der Waals surface area contributed by atoms with Gasteiger partial charge in [-0.2, -0.15) is 11.8 Å². The summed E-state index contributed by atoms with van der Waals surface area (Å²) in [6.45, 7) is 2.09. The fourth-order valence-corrected chi connectivity index (χ4v) is 2.39. The molecule has 5 heteroatoms. The summed E-state index contributed by atoms with van der Waals surface area (Å²) in [6, 6.07) is 10.2. The predicted molar refractivity (Wildman–Crippen MR) is 82.6 cm³/mol. The lowest BCUT2D eigenvalue weighted by atomic mass is 10.1. The molecule has 0 atom stereocenters. The van der Waals surface area contributed by atoms with Gasteiger partial charge < -0.3 is 5.32 Å². The Kier molecular flexibility index (Phi) is 5.33. The van der Waals surface area contributed by atoms with Crippen molar-refractivity contribution in [3.05, 3.63) is 65.2 Å². The van der Waals surface area contributed by atoms with Crippen molar-refractivity contribution in [3.63, 3.8) is 0 Å². The van der Waals surface area contributed by atoms with Crippen molar-refractivity contribution in [2.75, 3.05) is 11.1 Å². The molecule has 2 nitrogen and oxygen atoms in total. The summed E-state index contributed by atoms with van der Waals surface area (Å²) in [6.07, 6.45) is 0. The summed E-state index contributed by atoms with van der Waals surface area (Å²) in [5.74, 6) is 0.0367. The highest BCUT2D eigenvalue weighted by Crippen LogP contribution is 2.17. The minimum atomic E-state index is -0.792. The van der Waals surface area contributed by atoms with Crippen LogP contribution in [-0.4, -0.2) is 11.7 Å². The monoisotopic (exact) mass is 307 g/mol. The molecule has 0 aliphatic heterocycles. The van der Waals surface area contributed by atoms with Crippen LogP contribution in [0.25, 0.3) is 0 Å². The molecule has 0 saturated carbocycles. The van der Waals surface area contributed by atoms with Crippen LogP contribution in [-0.2, 0) is 5.75 Å². The molecule has 0 bridgehead atoms. The van der Waals surface area contributed by atoms with E-state index in [0.29, 0.717) is 5.56 Å². The third-order valence-corrected chi connectivity index (χ3v) is 3.81. The van der Waals surface area contributed by atoms with E-state index in [-0.39, 0.29) is 5.69 Å². The number of nitrogens with one attached hydrogen (secondary N) is 1. The molecule has 0 aliphatic rings. The van der Waals surface area contributed by atoms with Gasteiger partial charge in [-0.3, -0.25) is 4.79 Å². The van der Waals surface area contributed by atoms with E-state index in [9.17, 15) is 13.6 Å². The number of halogens is 2. The molecule has 2 aromatic rings. The topological polar surface area (TPSA) is 29.1 Å². The summed E-state index contributed by atoms with van der Waals surface area (Å²) in [5, 5.41) is 2.43. The number of hydrogen-bond acceptors (Lipinski definition) is 2. The molecule has 0 radical (unpaired) electrons. The Hall–Kier alpha value is -1.88. The minimum Gasteiger partial charge on any atom is -0.319 e. The van der Waals surface area contributed by atoms with Gasteiger partial charge in [-0.15, -0.1) is 0 Å². The Morgan fingerprint density at radius 2 is 1.86 bits per heavy atom. The molecule has 0 heterocycles. The summed E-state index contributed by atoms with van der Waals surface area (Å²) in [4.78, 5) is 12.0. The number of benzene rings is 2. The quantitative estimate of drug-likeness (QED) is 0.883. The lowest BCUT2D eigenvalue weighted by Crippen LogP contribution is -2.13. The highest BCUT2D eigenvalue weighted by atomic mass is 32.2. The van der Waals surface area contributed by atoms with Crippen LogP contribution in [0.3, 0.4) is 0 Å². The molecule has 110 valence electrons. The molecule has 21 heavy (non-hydrogen) atoms. The van der Waals surface area contributed by atoms with Crippen LogP contribution < -0.4 is 5.32 Å². The van der Waals surface area contributed by atoms with Crippen LogP contribution in [0.5, 0.6) is 0 Å². The molecule has 0 spiro atoms. The maximum atomic E-state index is 13.5. The Bertz CT molecular complexity index is 629. The molecule has 1 amide bonds. The molecule has 1 N–H and O–H groups in total. The number of hydrogen-bond donors (Lipinski definition) is 1. The zero-order valence-corrected chi connectivity index (χ0v) is 12.3. The molecule has 0 unspecified atom stereocenters. The predicted octanol–water partition coefficient (Wildman–Crippen LogP) is 4.47. The average Bonchev–Trinajstić information content (AvgIpc) is 2.48. The zero-order chi connectivity index (χ0) is 15.2. The van der Waals surface area contributed by atoms with E-state index < -0.39 is 17.5 Å². The molecule has 0 fully saturated rings. The zero-order valence-electron chi connectivity index (χ0n) is 11.5. The van der Waals surface area contributed by atoms with Crippen molar-refractivity contribution >= 4 is 23.4 Å². The summed E-state index contributed by atoms with van der Waals surface area (Å²) in [7, 11) is 0. The first-order valence-corrected chi connectivity index (χ1v) is 7.68. The van der Waals surface area contributed by atoms with Crippen molar-refractivity contribution in [1.29, 1.82) is 0 Å². The van der Waals surface area contributed by atoms with Crippen LogP contribution in [0, 0.1) is 11.6 Å². The number of rotatable bonds is 5. The van der Waals surface area contributed by atoms with Gasteiger partial charge in [0.15, 0.2) is 0 Å². The van der Waals surface area contributed by atoms with E-state index >= 15 is 0 Å². The number of carbonyl (C=O) groups is 1. The minimum absolute atomic E-state index is 0.0352. The first kappa shape index (κ1) is 15.5. The Morgan fingerprint density at radius 3 is 2.48 bits per heavy atom. The molecule has 0 aromatic heterocycles. The molecule has 0 aliphatic carbocycles. The summed E-state index contributed by atoms with van der Waals surface area (Å²) in [5.41, 5.74) is 1.53. The van der Waals surface area contributed by atoms with Crippen LogP contribution >= 0.6 is 11.8 Å². The molecule has 0 saturated heterocycles. The fourth-order valence-electron chi connectivity index (χ4n) is 1.76. The van der Waals surface area contributed by atoms with Crippen molar-refractivity contribution in [1.82, 2.24) is 0 Å². The average molecular weight is 307 g/mol. The van der Waals surface area contributed by atoms with Crippen LogP contribution in [0.4, 0.5) is 14.5 Å². The third kappa shape index (κ3) is 4.29. The van der Waals surface area contributed by atoms with E-state index in [0.717, 1.165) is 29.2 Å². The first-order valence-electron chi connectivity index (χ1n) is 6.53. The Morgan fingerprint density at radius 1 is 1.14 bits per heavy atom. The van der Waals surface area contributed by atoms with Gasteiger partial charge in [0.2, 0.25) is 0 Å². The molecule has 2 rings (SSSR count). The number of carbonyl (C=O) groups excluding carboxylic acids is 1. The van der Waals surface area contributed by atoms with Gasteiger partial charge in [0.05, 0.1) is 5.69 Å². The van der Waals surface area contributed by atoms with Crippen LogP contribution in [0.2, 0.25) is 0 Å². The van der Waals surface area contributed by atoms with Crippen LogP contribution in [0.1, 0.15) is 22.8 Å². The van der Waals surface area contributed by atoms with Gasteiger partial charge >= 0.3 is 0 Å². The first-order chi connectivity index (χ1) is 10.1. The van der Waals surface area contributed by atoms with E-state index in [1.807, 2.05) is 12.1 Å². The number of anilines is 1. The fraction of sp³-hybridized carbons (Fsp3) is 0.188. The van der Waals surface area contributed by atoms with Gasteiger partial charge in [0.25, 0.3) is 5.91 Å². The second-order valence-corrected chi connectivity index (χ2v) is 5.69. The second kappa shape index (κ2) is 7.22. The molecular formula is C16H15F2NOS. The second-order valence-electron chi connectivity index (χ2n) is 4.41. The van der Waals surface area contributed by atoms with Gasteiger partial charge in [-0.1, -0.05) is 19.1 Å². The standard InChI is InChI=1S/C16H15F2NOS/c1-2-21-10-11-3-5-12(6-4-11)16(20)19-15-8-7-13(17)9-14(15)18/h3-9H,2,10H2,1H3,(H,19,20). The maximum absolute atomic E-state index is 13.5. The van der Waals surface area contributed by atoms with Crippen molar-refractivity contribution in [3.8, 4) is 0 Å². The molecule has 2 aromatic carbocycles. The summed E-state index contributed by atoms with van der Waals surface area (Å²) < 4.78 is 26.3. The van der Waals surface area contributed by atoms with Gasteiger partial charge in [0.1, 0.15) is 11.6 Å². The highest BCUT2D eigenvalue weighted by molar-refractivity contribution is 7.98. The Labute approximate surface area is 126 Å². The highest BCUT2D eigenvalue weighted by Gasteiger charge is 2.10. The van der Waals surface area contributed by atoms with Crippen molar-refractivity contribution in [2.45, 2.75) is 12.7 Å². The SMILES string of the molecule is CCSCc1ccc(C(=O)Nc2ccc(F)cc2F)cc1. The Balaban J connectivity index is 2.06. The van der Waals surface area contributed by atoms with E-state index in [4.69, 9.17) is 0 Å². The number of thioether (sulfide) groups is 1. The van der Waals surface area contributed by atoms with Gasteiger partial charge in [0, 0.05) is 17.4 Å². The van der Waals surface area contributed by atoms with Crippen LogP contribution in [0.15, 0.2) is 42.5 Å². The van der Waals surface area contributed by atoms with Gasteiger partial charge in [-0.05, 0) is 35.6 Å².